The van der Waals surface area contributed by atoms with E-state index in [1.807, 2.05) is 0 Å². The Morgan fingerprint density at radius 3 is 2.53 bits per heavy atom. The summed E-state index contributed by atoms with van der Waals surface area (Å²) in [6, 6.07) is 0. The van der Waals surface area contributed by atoms with E-state index in [4.69, 9.17) is 10.9 Å². The molecule has 0 heterocycles. The van der Waals surface area contributed by atoms with Crippen molar-refractivity contribution in [3.8, 4) is 0 Å². The Balaban J connectivity index is 3.89. The van der Waals surface area contributed by atoms with Crippen molar-refractivity contribution in [1.82, 2.24) is 4.90 Å². The molecule has 0 aromatic rings. The zero-order valence-electron chi connectivity index (χ0n) is 10.2. The minimum absolute atomic E-state index is 0.320. The maximum absolute atomic E-state index is 8.45. The predicted molar refractivity (Wildman–Crippen MR) is 64.2 cm³/mol. The molecular weight excluding hydrogens is 190 g/mol. The lowest BCUT2D eigenvalue weighted by Gasteiger charge is -2.23. The fourth-order valence-electron chi connectivity index (χ4n) is 1.52. The number of oxime groups is 1. The average Bonchev–Trinajstić information content (AvgIpc) is 2.20. The Morgan fingerprint density at radius 2 is 2.07 bits per heavy atom. The number of hydrogen-bond donors (Lipinski definition) is 2. The number of rotatable bonds is 8. The van der Waals surface area contributed by atoms with Crippen molar-refractivity contribution in [2.24, 2.45) is 16.8 Å². The fraction of sp³-hybridized carbons (Fsp3) is 0.909. The molecule has 0 amide bonds. The molecule has 90 valence electrons. The van der Waals surface area contributed by atoms with Gasteiger partial charge in [0.05, 0.1) is 0 Å². The number of nitrogens with zero attached hydrogens (tertiary/aromatic N) is 2. The molecular formula is C11H25N3O. The minimum Gasteiger partial charge on any atom is -0.409 e. The van der Waals surface area contributed by atoms with E-state index in [0.29, 0.717) is 18.2 Å². The third-order valence-corrected chi connectivity index (χ3v) is 2.26. The van der Waals surface area contributed by atoms with E-state index in [2.05, 4.69) is 30.8 Å². The third-order valence-electron chi connectivity index (χ3n) is 2.26. The highest BCUT2D eigenvalue weighted by atomic mass is 16.4. The van der Waals surface area contributed by atoms with Gasteiger partial charge in [0.1, 0.15) is 5.84 Å². The summed E-state index contributed by atoms with van der Waals surface area (Å²) in [6.45, 7) is 9.68. The van der Waals surface area contributed by atoms with E-state index in [-0.39, 0.29) is 0 Å². The number of amidine groups is 1. The lowest BCUT2D eigenvalue weighted by Crippen LogP contribution is -2.32. The second-order valence-electron chi connectivity index (χ2n) is 4.39. The molecule has 0 aromatic heterocycles. The molecule has 0 spiro atoms. The monoisotopic (exact) mass is 215 g/mol. The average molecular weight is 215 g/mol. The molecule has 4 nitrogen and oxygen atoms in total. The van der Waals surface area contributed by atoms with Crippen LogP contribution in [0.25, 0.3) is 0 Å². The summed E-state index contributed by atoms with van der Waals surface area (Å²) in [5, 5.41) is 11.4. The molecule has 3 N–H and O–H groups in total. The highest BCUT2D eigenvalue weighted by Gasteiger charge is 2.07. The topological polar surface area (TPSA) is 61.8 Å². The van der Waals surface area contributed by atoms with E-state index in [9.17, 15) is 0 Å². The van der Waals surface area contributed by atoms with Crippen LogP contribution in [0, 0.1) is 5.92 Å². The summed E-state index contributed by atoms with van der Waals surface area (Å²) < 4.78 is 0. The number of nitrogens with two attached hydrogens (primary N) is 1. The maximum atomic E-state index is 8.45. The molecule has 0 radical (unpaired) electrons. The van der Waals surface area contributed by atoms with Crippen molar-refractivity contribution in [2.45, 2.75) is 40.0 Å². The van der Waals surface area contributed by atoms with Crippen LogP contribution in [0.4, 0.5) is 0 Å². The minimum atomic E-state index is 0.320. The Labute approximate surface area is 93.1 Å². The van der Waals surface area contributed by atoms with Gasteiger partial charge in [0.15, 0.2) is 0 Å². The van der Waals surface area contributed by atoms with E-state index in [1.165, 1.54) is 12.8 Å². The standard InChI is InChI=1S/C11H25N3O/c1-4-5-7-14(9-10(2)3)8-6-11(12)13-15/h10,15H,4-9H2,1-3H3,(H2,12,13). The van der Waals surface area contributed by atoms with Crippen LogP contribution in [0.5, 0.6) is 0 Å². The molecule has 0 atom stereocenters. The van der Waals surface area contributed by atoms with Crippen LogP contribution in [0.2, 0.25) is 0 Å². The summed E-state index contributed by atoms with van der Waals surface area (Å²) in [7, 11) is 0. The molecule has 0 aliphatic rings. The van der Waals surface area contributed by atoms with Crippen molar-refractivity contribution < 1.29 is 5.21 Å². The second kappa shape index (κ2) is 8.53. The molecule has 0 aliphatic carbocycles. The first-order valence-electron chi connectivity index (χ1n) is 5.78. The second-order valence-corrected chi connectivity index (χ2v) is 4.39. The molecule has 0 aromatic carbocycles. The molecule has 0 unspecified atom stereocenters. The lowest BCUT2D eigenvalue weighted by molar-refractivity contribution is 0.245. The van der Waals surface area contributed by atoms with E-state index in [0.717, 1.165) is 19.6 Å². The van der Waals surface area contributed by atoms with Crippen LogP contribution < -0.4 is 5.73 Å². The Kier molecular flexibility index (Phi) is 8.09. The third kappa shape index (κ3) is 8.24. The Bertz CT molecular complexity index is 181. The van der Waals surface area contributed by atoms with Crippen LogP contribution in [-0.2, 0) is 0 Å². The molecule has 0 saturated carbocycles. The van der Waals surface area contributed by atoms with Gasteiger partial charge in [0, 0.05) is 19.5 Å². The van der Waals surface area contributed by atoms with Crippen LogP contribution >= 0.6 is 0 Å². The first kappa shape index (κ1) is 14.2. The quantitative estimate of drug-likeness (QED) is 0.281. The van der Waals surface area contributed by atoms with Crippen molar-refractivity contribution >= 4 is 5.84 Å². The maximum Gasteiger partial charge on any atom is 0.140 e. The molecule has 15 heavy (non-hydrogen) atoms. The van der Waals surface area contributed by atoms with Gasteiger partial charge in [0.25, 0.3) is 0 Å². The first-order chi connectivity index (χ1) is 7.10. The number of hydrogen-bond acceptors (Lipinski definition) is 3. The number of unbranched alkanes of at least 4 members (excludes halogenated alkanes) is 1. The van der Waals surface area contributed by atoms with E-state index >= 15 is 0 Å². The van der Waals surface area contributed by atoms with Gasteiger partial charge in [-0.2, -0.15) is 0 Å². The highest BCUT2D eigenvalue weighted by molar-refractivity contribution is 5.79. The van der Waals surface area contributed by atoms with Gasteiger partial charge >= 0.3 is 0 Å². The SMILES string of the molecule is CCCCN(CCC(N)=NO)CC(C)C. The van der Waals surface area contributed by atoms with Crippen molar-refractivity contribution in [3.05, 3.63) is 0 Å². The van der Waals surface area contributed by atoms with Gasteiger partial charge in [-0.05, 0) is 18.9 Å². The van der Waals surface area contributed by atoms with Gasteiger partial charge in [-0.15, -0.1) is 0 Å². The van der Waals surface area contributed by atoms with E-state index < -0.39 is 0 Å². The molecule has 0 aliphatic heterocycles. The van der Waals surface area contributed by atoms with Gasteiger partial charge in [-0.3, -0.25) is 0 Å². The molecule has 0 fully saturated rings. The summed E-state index contributed by atoms with van der Waals surface area (Å²) in [4.78, 5) is 2.38. The van der Waals surface area contributed by atoms with Crippen LogP contribution in [0.1, 0.15) is 40.0 Å². The van der Waals surface area contributed by atoms with Crippen LogP contribution in [-0.4, -0.2) is 35.6 Å². The first-order valence-corrected chi connectivity index (χ1v) is 5.78. The summed E-state index contributed by atoms with van der Waals surface area (Å²) in [6.07, 6.45) is 3.06. The van der Waals surface area contributed by atoms with Gasteiger partial charge in [0.2, 0.25) is 0 Å². The van der Waals surface area contributed by atoms with Crippen molar-refractivity contribution in [2.75, 3.05) is 19.6 Å². The largest absolute Gasteiger partial charge is 0.409 e. The normalized spacial score (nSPS) is 12.7. The lowest BCUT2D eigenvalue weighted by atomic mass is 10.2. The van der Waals surface area contributed by atoms with Gasteiger partial charge in [-0.1, -0.05) is 32.3 Å². The van der Waals surface area contributed by atoms with E-state index in [1.54, 1.807) is 0 Å². The zero-order valence-corrected chi connectivity index (χ0v) is 10.2. The van der Waals surface area contributed by atoms with Crippen molar-refractivity contribution in [1.29, 1.82) is 0 Å². The molecule has 0 saturated heterocycles. The smallest absolute Gasteiger partial charge is 0.140 e. The molecule has 4 heteroatoms. The van der Waals surface area contributed by atoms with Crippen molar-refractivity contribution in [3.63, 3.8) is 0 Å². The highest BCUT2D eigenvalue weighted by Crippen LogP contribution is 2.02. The molecule has 0 bridgehead atoms. The Hall–Kier alpha value is -0.770. The molecule has 0 rings (SSSR count). The predicted octanol–water partition coefficient (Wildman–Crippen LogP) is 1.88. The Morgan fingerprint density at radius 1 is 1.40 bits per heavy atom. The summed E-state index contributed by atoms with van der Waals surface area (Å²) >= 11 is 0. The summed E-state index contributed by atoms with van der Waals surface area (Å²) in [5.41, 5.74) is 5.45. The summed E-state index contributed by atoms with van der Waals surface area (Å²) in [5.74, 6) is 0.981. The zero-order chi connectivity index (χ0) is 11.7. The fourth-order valence-corrected chi connectivity index (χ4v) is 1.52. The van der Waals surface area contributed by atoms with Crippen LogP contribution in [0.3, 0.4) is 0 Å². The van der Waals surface area contributed by atoms with Gasteiger partial charge < -0.3 is 15.8 Å². The van der Waals surface area contributed by atoms with Crippen LogP contribution in [0.15, 0.2) is 5.16 Å². The van der Waals surface area contributed by atoms with Gasteiger partial charge in [-0.25, -0.2) is 0 Å².